The molecule has 1 aliphatic heterocycles. The van der Waals surface area contributed by atoms with Crippen molar-refractivity contribution in [3.8, 4) is 0 Å². The SMILES string of the molecule is Cc1sc2nc(CN3CCC(CN)CC3)[nH]c(=O)c2c1C.Cl. The summed E-state index contributed by atoms with van der Waals surface area (Å²) in [7, 11) is 0. The molecular weight excluding hydrogens is 320 g/mol. The van der Waals surface area contributed by atoms with Gasteiger partial charge in [-0.15, -0.1) is 23.7 Å². The molecule has 2 aromatic rings. The van der Waals surface area contributed by atoms with Gasteiger partial charge in [-0.2, -0.15) is 0 Å². The van der Waals surface area contributed by atoms with Gasteiger partial charge in [0.15, 0.2) is 0 Å². The van der Waals surface area contributed by atoms with Crippen molar-refractivity contribution in [3.05, 3.63) is 26.6 Å². The molecule has 0 bridgehead atoms. The topological polar surface area (TPSA) is 75.0 Å². The number of nitrogens with one attached hydrogen (secondary N) is 1. The minimum atomic E-state index is -0.00584. The lowest BCUT2D eigenvalue weighted by Crippen LogP contribution is -2.36. The van der Waals surface area contributed by atoms with Crippen LogP contribution in [0.4, 0.5) is 0 Å². The summed E-state index contributed by atoms with van der Waals surface area (Å²) in [5.74, 6) is 1.43. The van der Waals surface area contributed by atoms with E-state index in [0.717, 1.165) is 60.6 Å². The van der Waals surface area contributed by atoms with Crippen LogP contribution in [0.15, 0.2) is 4.79 Å². The number of nitrogens with zero attached hydrogens (tertiary/aromatic N) is 2. The quantitative estimate of drug-likeness (QED) is 0.896. The first-order chi connectivity index (χ1) is 10.1. The highest BCUT2D eigenvalue weighted by molar-refractivity contribution is 7.18. The lowest BCUT2D eigenvalue weighted by molar-refractivity contribution is 0.177. The van der Waals surface area contributed by atoms with Gasteiger partial charge < -0.3 is 10.7 Å². The monoisotopic (exact) mass is 342 g/mol. The summed E-state index contributed by atoms with van der Waals surface area (Å²) in [6.45, 7) is 7.60. The minimum Gasteiger partial charge on any atom is -0.330 e. The Morgan fingerprint density at radius 3 is 2.68 bits per heavy atom. The zero-order valence-corrected chi connectivity index (χ0v) is 14.6. The molecule has 1 fully saturated rings. The molecule has 2 aromatic heterocycles. The Morgan fingerprint density at radius 1 is 1.36 bits per heavy atom. The Balaban J connectivity index is 0.00000176. The molecule has 0 radical (unpaired) electrons. The molecule has 0 aliphatic carbocycles. The average molecular weight is 343 g/mol. The highest BCUT2D eigenvalue weighted by atomic mass is 35.5. The molecule has 3 rings (SSSR count). The lowest BCUT2D eigenvalue weighted by atomic mass is 9.97. The van der Waals surface area contributed by atoms with E-state index in [9.17, 15) is 4.79 Å². The van der Waals surface area contributed by atoms with Crippen LogP contribution in [0.3, 0.4) is 0 Å². The first kappa shape index (κ1) is 17.4. The van der Waals surface area contributed by atoms with Crippen LogP contribution in [0.1, 0.15) is 29.1 Å². The zero-order valence-electron chi connectivity index (χ0n) is 13.0. The van der Waals surface area contributed by atoms with Gasteiger partial charge in [0.25, 0.3) is 5.56 Å². The highest BCUT2D eigenvalue weighted by Crippen LogP contribution is 2.26. The highest BCUT2D eigenvalue weighted by Gasteiger charge is 2.19. The summed E-state index contributed by atoms with van der Waals surface area (Å²) in [6, 6.07) is 0. The Bertz CT molecular complexity index is 703. The predicted molar refractivity (Wildman–Crippen MR) is 94.0 cm³/mol. The number of H-pyrrole nitrogens is 1. The van der Waals surface area contributed by atoms with Crippen LogP contribution in [0, 0.1) is 19.8 Å². The molecule has 0 unspecified atom stereocenters. The van der Waals surface area contributed by atoms with Gasteiger partial charge in [-0.1, -0.05) is 0 Å². The fourth-order valence-electron chi connectivity index (χ4n) is 2.97. The van der Waals surface area contributed by atoms with E-state index >= 15 is 0 Å². The van der Waals surface area contributed by atoms with E-state index in [4.69, 9.17) is 5.73 Å². The minimum absolute atomic E-state index is 0. The molecule has 0 atom stereocenters. The molecule has 0 amide bonds. The number of fused-ring (bicyclic) bond motifs is 1. The molecule has 22 heavy (non-hydrogen) atoms. The molecule has 0 spiro atoms. The third-order valence-electron chi connectivity index (χ3n) is 4.50. The molecule has 0 aromatic carbocycles. The molecular formula is C15H23ClN4OS. The summed E-state index contributed by atoms with van der Waals surface area (Å²) in [5, 5.41) is 0.753. The van der Waals surface area contributed by atoms with Crippen LogP contribution in [-0.2, 0) is 6.54 Å². The molecule has 3 N–H and O–H groups in total. The largest absolute Gasteiger partial charge is 0.330 e. The molecule has 7 heteroatoms. The number of nitrogens with two attached hydrogens (primary N) is 1. The van der Waals surface area contributed by atoms with Crippen molar-refractivity contribution in [2.75, 3.05) is 19.6 Å². The van der Waals surface area contributed by atoms with Gasteiger partial charge >= 0.3 is 0 Å². The fourth-order valence-corrected chi connectivity index (χ4v) is 4.02. The number of aromatic nitrogens is 2. The average Bonchev–Trinajstić information content (AvgIpc) is 2.75. The van der Waals surface area contributed by atoms with E-state index < -0.39 is 0 Å². The van der Waals surface area contributed by atoms with Crippen LogP contribution in [0.2, 0.25) is 0 Å². The molecule has 122 valence electrons. The third kappa shape index (κ3) is 3.35. The molecule has 1 saturated heterocycles. The molecule has 5 nitrogen and oxygen atoms in total. The lowest BCUT2D eigenvalue weighted by Gasteiger charge is -2.30. The van der Waals surface area contributed by atoms with Crippen molar-refractivity contribution in [3.63, 3.8) is 0 Å². The fraction of sp³-hybridized carbons (Fsp3) is 0.600. The van der Waals surface area contributed by atoms with Gasteiger partial charge in [0.05, 0.1) is 11.9 Å². The maximum atomic E-state index is 12.2. The van der Waals surface area contributed by atoms with E-state index in [-0.39, 0.29) is 18.0 Å². The van der Waals surface area contributed by atoms with Crippen molar-refractivity contribution in [2.24, 2.45) is 11.7 Å². The molecule has 1 aliphatic rings. The van der Waals surface area contributed by atoms with Gasteiger partial charge in [-0.3, -0.25) is 9.69 Å². The van der Waals surface area contributed by atoms with Crippen LogP contribution in [-0.4, -0.2) is 34.5 Å². The number of aryl methyl sites for hydroxylation is 2. The summed E-state index contributed by atoms with van der Waals surface area (Å²) < 4.78 is 0. The standard InChI is InChI=1S/C15H22N4OS.ClH/c1-9-10(2)21-15-13(9)14(20)17-12(18-15)8-19-5-3-11(7-16)4-6-19;/h11H,3-8,16H2,1-2H3,(H,17,18,20);1H. The van der Waals surface area contributed by atoms with Crippen molar-refractivity contribution >= 4 is 34.0 Å². The number of hydrogen-bond acceptors (Lipinski definition) is 5. The maximum Gasteiger partial charge on any atom is 0.259 e. The Labute approximate surface area is 140 Å². The summed E-state index contributed by atoms with van der Waals surface area (Å²) >= 11 is 1.61. The van der Waals surface area contributed by atoms with Crippen molar-refractivity contribution in [1.82, 2.24) is 14.9 Å². The van der Waals surface area contributed by atoms with Gasteiger partial charge in [-0.05, 0) is 57.8 Å². The van der Waals surface area contributed by atoms with Crippen LogP contribution >= 0.6 is 23.7 Å². The number of hydrogen-bond donors (Lipinski definition) is 2. The van der Waals surface area contributed by atoms with Gasteiger partial charge in [0.1, 0.15) is 10.7 Å². The van der Waals surface area contributed by atoms with E-state index in [1.54, 1.807) is 11.3 Å². The first-order valence-corrected chi connectivity index (χ1v) is 8.31. The molecule has 3 heterocycles. The van der Waals surface area contributed by atoms with Gasteiger partial charge in [0.2, 0.25) is 0 Å². The number of halogens is 1. The number of likely N-dealkylation sites (tertiary alicyclic amines) is 1. The zero-order chi connectivity index (χ0) is 15.0. The number of aromatic amines is 1. The second kappa shape index (κ2) is 7.08. The maximum absolute atomic E-state index is 12.2. The predicted octanol–water partition coefficient (Wildman–Crippen LogP) is 2.19. The van der Waals surface area contributed by atoms with E-state index in [2.05, 4.69) is 14.9 Å². The van der Waals surface area contributed by atoms with Crippen molar-refractivity contribution in [1.29, 1.82) is 0 Å². The number of piperidine rings is 1. The van der Waals surface area contributed by atoms with Crippen LogP contribution in [0.25, 0.3) is 10.2 Å². The summed E-state index contributed by atoms with van der Waals surface area (Å²) in [6.07, 6.45) is 2.28. The van der Waals surface area contributed by atoms with E-state index in [1.165, 1.54) is 4.88 Å². The van der Waals surface area contributed by atoms with E-state index in [0.29, 0.717) is 5.92 Å². The van der Waals surface area contributed by atoms with Gasteiger partial charge in [-0.25, -0.2) is 4.98 Å². The van der Waals surface area contributed by atoms with Crippen LogP contribution in [0.5, 0.6) is 0 Å². The Kier molecular flexibility index (Phi) is 5.60. The number of rotatable bonds is 3. The normalized spacial score (nSPS) is 16.9. The Hall–Kier alpha value is -0.950. The summed E-state index contributed by atoms with van der Waals surface area (Å²) in [5.41, 5.74) is 6.77. The Morgan fingerprint density at radius 2 is 2.05 bits per heavy atom. The smallest absolute Gasteiger partial charge is 0.259 e. The second-order valence-corrected chi connectivity index (χ2v) is 7.13. The molecule has 0 saturated carbocycles. The number of thiophene rings is 1. The van der Waals surface area contributed by atoms with Crippen molar-refractivity contribution in [2.45, 2.75) is 33.2 Å². The van der Waals surface area contributed by atoms with Gasteiger partial charge in [0, 0.05) is 4.88 Å². The van der Waals surface area contributed by atoms with Crippen LogP contribution < -0.4 is 11.3 Å². The summed E-state index contributed by atoms with van der Waals surface area (Å²) in [4.78, 5) is 24.2. The first-order valence-electron chi connectivity index (χ1n) is 7.49. The third-order valence-corrected chi connectivity index (χ3v) is 5.60. The van der Waals surface area contributed by atoms with E-state index in [1.807, 2.05) is 13.8 Å². The second-order valence-electron chi connectivity index (χ2n) is 5.93. The van der Waals surface area contributed by atoms with Crippen molar-refractivity contribution < 1.29 is 0 Å².